The fourth-order valence-corrected chi connectivity index (χ4v) is 3.12. The lowest BCUT2D eigenvalue weighted by atomic mass is 10.1. The van der Waals surface area contributed by atoms with E-state index in [0.717, 1.165) is 11.3 Å². The summed E-state index contributed by atoms with van der Waals surface area (Å²) in [6.45, 7) is 1.61. The molecular formula is C15H21ClN2O2S. The minimum absolute atomic E-state index is 0.00408. The summed E-state index contributed by atoms with van der Waals surface area (Å²) in [6, 6.07) is 7.16. The van der Waals surface area contributed by atoms with Crippen molar-refractivity contribution in [3.8, 4) is 0 Å². The average Bonchev–Trinajstić information content (AvgIpc) is 2.52. The van der Waals surface area contributed by atoms with Crippen LogP contribution in [0.1, 0.15) is 18.1 Å². The molecule has 1 aliphatic rings. The number of thioether (sulfide) groups is 1. The molecule has 0 aromatic heterocycles. The second kappa shape index (κ2) is 8.03. The lowest BCUT2D eigenvalue weighted by Crippen LogP contribution is -2.49. The molecule has 0 aliphatic carbocycles. The summed E-state index contributed by atoms with van der Waals surface area (Å²) in [7, 11) is 0. The molecule has 1 aromatic rings. The van der Waals surface area contributed by atoms with Crippen LogP contribution < -0.4 is 5.73 Å². The van der Waals surface area contributed by atoms with E-state index >= 15 is 0 Å². The molecule has 0 saturated carbocycles. The Morgan fingerprint density at radius 3 is 3.05 bits per heavy atom. The molecule has 0 radical (unpaired) electrons. The number of halogens is 1. The van der Waals surface area contributed by atoms with Crippen molar-refractivity contribution < 1.29 is 9.53 Å². The summed E-state index contributed by atoms with van der Waals surface area (Å²) in [5, 5.41) is 0.670. The molecule has 1 heterocycles. The molecule has 1 aliphatic heterocycles. The van der Waals surface area contributed by atoms with E-state index < -0.39 is 6.04 Å². The van der Waals surface area contributed by atoms with E-state index in [4.69, 9.17) is 22.1 Å². The van der Waals surface area contributed by atoms with Crippen molar-refractivity contribution in [2.75, 3.05) is 31.7 Å². The molecule has 1 fully saturated rings. The highest BCUT2D eigenvalue weighted by Gasteiger charge is 2.29. The number of amides is 1. The smallest absolute Gasteiger partial charge is 0.239 e. The average molecular weight is 329 g/mol. The van der Waals surface area contributed by atoms with Gasteiger partial charge in [0.25, 0.3) is 0 Å². The zero-order valence-corrected chi connectivity index (χ0v) is 13.7. The fraction of sp³-hybridized carbons (Fsp3) is 0.533. The van der Waals surface area contributed by atoms with Crippen molar-refractivity contribution in [3.63, 3.8) is 0 Å². The second-order valence-electron chi connectivity index (χ2n) is 5.05. The summed E-state index contributed by atoms with van der Waals surface area (Å²) >= 11 is 7.91. The monoisotopic (exact) mass is 328 g/mol. The topological polar surface area (TPSA) is 55.6 Å². The van der Waals surface area contributed by atoms with Crippen LogP contribution in [0, 0.1) is 0 Å². The first-order valence-corrected chi connectivity index (χ1v) is 8.80. The Kier molecular flexibility index (Phi) is 6.36. The summed E-state index contributed by atoms with van der Waals surface area (Å²) in [5.41, 5.74) is 6.90. The van der Waals surface area contributed by atoms with Crippen molar-refractivity contribution in [3.05, 3.63) is 34.9 Å². The summed E-state index contributed by atoms with van der Waals surface area (Å²) in [6.07, 6.45) is 2.54. The minimum atomic E-state index is -0.428. The van der Waals surface area contributed by atoms with E-state index in [1.54, 1.807) is 16.7 Å². The number of benzene rings is 1. The van der Waals surface area contributed by atoms with E-state index in [-0.39, 0.29) is 12.0 Å². The molecule has 2 atom stereocenters. The zero-order valence-electron chi connectivity index (χ0n) is 12.1. The van der Waals surface area contributed by atoms with Crippen molar-refractivity contribution in [2.24, 2.45) is 5.73 Å². The molecule has 0 bridgehead atoms. The van der Waals surface area contributed by atoms with Gasteiger partial charge in [-0.25, -0.2) is 0 Å². The summed E-state index contributed by atoms with van der Waals surface area (Å²) in [4.78, 5) is 14.2. The Labute approximate surface area is 135 Å². The molecule has 116 valence electrons. The fourth-order valence-electron chi connectivity index (χ4n) is 2.38. The quantitative estimate of drug-likeness (QED) is 0.901. The van der Waals surface area contributed by atoms with Crippen LogP contribution in [0.5, 0.6) is 0 Å². The number of carbonyl (C=O) groups is 1. The van der Waals surface area contributed by atoms with Crippen LogP contribution in [-0.4, -0.2) is 48.6 Å². The number of morpholine rings is 1. The lowest BCUT2D eigenvalue weighted by Gasteiger charge is -2.34. The Morgan fingerprint density at radius 2 is 2.33 bits per heavy atom. The predicted molar refractivity (Wildman–Crippen MR) is 87.7 cm³/mol. The van der Waals surface area contributed by atoms with Gasteiger partial charge < -0.3 is 15.4 Å². The van der Waals surface area contributed by atoms with Crippen LogP contribution in [0.15, 0.2) is 24.3 Å². The van der Waals surface area contributed by atoms with Crippen molar-refractivity contribution in [2.45, 2.75) is 18.6 Å². The molecule has 2 unspecified atom stereocenters. The van der Waals surface area contributed by atoms with Crippen molar-refractivity contribution in [1.29, 1.82) is 0 Å². The minimum Gasteiger partial charge on any atom is -0.370 e. The Morgan fingerprint density at radius 1 is 1.57 bits per heavy atom. The highest BCUT2D eigenvalue weighted by atomic mass is 35.5. The Hall–Kier alpha value is -0.750. The maximum Gasteiger partial charge on any atom is 0.239 e. The number of carbonyl (C=O) groups excluding carboxylic acids is 1. The van der Waals surface area contributed by atoms with Gasteiger partial charge in [-0.3, -0.25) is 4.79 Å². The summed E-state index contributed by atoms with van der Waals surface area (Å²) in [5.74, 6) is 0.898. The van der Waals surface area contributed by atoms with Crippen molar-refractivity contribution in [1.82, 2.24) is 4.90 Å². The third-order valence-electron chi connectivity index (χ3n) is 3.58. The maximum absolute atomic E-state index is 12.4. The molecule has 2 rings (SSSR count). The van der Waals surface area contributed by atoms with Gasteiger partial charge in [0.1, 0.15) is 6.10 Å². The number of hydrogen-bond acceptors (Lipinski definition) is 4. The van der Waals surface area contributed by atoms with Crippen molar-refractivity contribution >= 4 is 29.3 Å². The number of rotatable bonds is 5. The molecule has 21 heavy (non-hydrogen) atoms. The molecule has 4 nitrogen and oxygen atoms in total. The van der Waals surface area contributed by atoms with E-state index in [2.05, 4.69) is 0 Å². The van der Waals surface area contributed by atoms with Crippen LogP contribution in [0.2, 0.25) is 5.02 Å². The molecule has 1 aromatic carbocycles. The van der Waals surface area contributed by atoms with Crippen LogP contribution >= 0.6 is 23.4 Å². The first-order chi connectivity index (χ1) is 10.1. The van der Waals surface area contributed by atoms with Gasteiger partial charge in [0, 0.05) is 17.1 Å². The van der Waals surface area contributed by atoms with Gasteiger partial charge in [0.2, 0.25) is 5.91 Å². The number of hydrogen-bond donors (Lipinski definition) is 1. The first kappa shape index (κ1) is 16.6. The SMILES string of the molecule is CSCCC(N)C(=O)N1CCOC(c2ccccc2Cl)C1. The van der Waals surface area contributed by atoms with Crippen LogP contribution in [-0.2, 0) is 9.53 Å². The maximum atomic E-state index is 12.4. The second-order valence-corrected chi connectivity index (χ2v) is 6.45. The van der Waals surface area contributed by atoms with E-state index in [1.165, 1.54) is 0 Å². The zero-order chi connectivity index (χ0) is 15.2. The van der Waals surface area contributed by atoms with E-state index in [1.807, 2.05) is 30.5 Å². The normalized spacial score (nSPS) is 20.3. The molecule has 6 heteroatoms. The molecule has 1 saturated heterocycles. The summed E-state index contributed by atoms with van der Waals surface area (Å²) < 4.78 is 5.76. The van der Waals surface area contributed by atoms with Gasteiger partial charge in [0.05, 0.1) is 19.2 Å². The molecular weight excluding hydrogens is 308 g/mol. The highest BCUT2D eigenvalue weighted by molar-refractivity contribution is 7.98. The third-order valence-corrected chi connectivity index (χ3v) is 4.57. The van der Waals surface area contributed by atoms with Gasteiger partial charge >= 0.3 is 0 Å². The van der Waals surface area contributed by atoms with Gasteiger partial charge in [-0.1, -0.05) is 29.8 Å². The molecule has 0 spiro atoms. The number of ether oxygens (including phenoxy) is 1. The largest absolute Gasteiger partial charge is 0.370 e. The third kappa shape index (κ3) is 4.36. The molecule has 2 N–H and O–H groups in total. The highest BCUT2D eigenvalue weighted by Crippen LogP contribution is 2.28. The van der Waals surface area contributed by atoms with Gasteiger partial charge in [-0.2, -0.15) is 11.8 Å². The van der Waals surface area contributed by atoms with E-state index in [9.17, 15) is 4.79 Å². The lowest BCUT2D eigenvalue weighted by molar-refractivity contribution is -0.140. The molecule has 1 amide bonds. The van der Waals surface area contributed by atoms with Gasteiger partial charge in [0.15, 0.2) is 0 Å². The predicted octanol–water partition coefficient (Wildman–Crippen LogP) is 2.32. The Balaban J connectivity index is 2.00. The van der Waals surface area contributed by atoms with Crippen LogP contribution in [0.3, 0.4) is 0 Å². The van der Waals surface area contributed by atoms with E-state index in [0.29, 0.717) is 31.1 Å². The van der Waals surface area contributed by atoms with Crippen LogP contribution in [0.25, 0.3) is 0 Å². The first-order valence-electron chi connectivity index (χ1n) is 7.02. The standard InChI is InChI=1S/C15H21ClN2O2S/c1-21-9-6-13(17)15(19)18-7-8-20-14(10-18)11-4-2-3-5-12(11)16/h2-5,13-14H,6-10,17H2,1H3. The number of nitrogens with two attached hydrogens (primary N) is 1. The number of nitrogens with zero attached hydrogens (tertiary/aromatic N) is 1. The Bertz CT molecular complexity index is 486. The van der Waals surface area contributed by atoms with Crippen LogP contribution in [0.4, 0.5) is 0 Å². The van der Waals surface area contributed by atoms with Gasteiger partial charge in [-0.15, -0.1) is 0 Å². The van der Waals surface area contributed by atoms with Gasteiger partial charge in [-0.05, 0) is 24.5 Å².